The summed E-state index contributed by atoms with van der Waals surface area (Å²) in [4.78, 5) is 20.3. The molecule has 0 amide bonds. The van der Waals surface area contributed by atoms with Crippen molar-refractivity contribution in [2.24, 2.45) is 7.05 Å². The molecule has 3 aromatic rings. The van der Waals surface area contributed by atoms with Gasteiger partial charge in [-0.05, 0) is 31.0 Å². The number of imidazole rings is 1. The maximum absolute atomic E-state index is 13.0. The van der Waals surface area contributed by atoms with Crippen LogP contribution in [0.4, 0.5) is 0 Å². The number of aromatic nitrogens is 5. The van der Waals surface area contributed by atoms with Crippen molar-refractivity contribution in [3.8, 4) is 11.3 Å². The van der Waals surface area contributed by atoms with E-state index in [1.165, 1.54) is 27.6 Å². The Kier molecular flexibility index (Phi) is 4.82. The molecule has 0 spiro atoms. The first-order chi connectivity index (χ1) is 13.4. The highest BCUT2D eigenvalue weighted by Gasteiger charge is 2.37. The monoisotopic (exact) mass is 400 g/mol. The van der Waals surface area contributed by atoms with E-state index in [0.29, 0.717) is 18.7 Å². The first kappa shape index (κ1) is 18.5. The van der Waals surface area contributed by atoms with Crippen molar-refractivity contribution in [3.05, 3.63) is 59.5 Å². The number of aryl methyl sites for hydroxylation is 1. The lowest BCUT2D eigenvalue weighted by Crippen LogP contribution is -2.40. The van der Waals surface area contributed by atoms with Crippen LogP contribution in [0.5, 0.6) is 0 Å². The van der Waals surface area contributed by atoms with Gasteiger partial charge in [-0.1, -0.05) is 0 Å². The highest BCUT2D eigenvalue weighted by molar-refractivity contribution is 7.89. The molecule has 1 unspecified atom stereocenters. The van der Waals surface area contributed by atoms with Crippen molar-refractivity contribution in [2.45, 2.75) is 30.5 Å². The van der Waals surface area contributed by atoms with Crippen molar-refractivity contribution in [1.29, 1.82) is 0 Å². The van der Waals surface area contributed by atoms with Crippen LogP contribution < -0.4 is 5.56 Å². The summed E-state index contributed by atoms with van der Waals surface area (Å²) in [6.07, 6.45) is 7.66. The number of sulfonamides is 1. The molecule has 1 saturated heterocycles. The van der Waals surface area contributed by atoms with Crippen molar-refractivity contribution in [3.63, 3.8) is 0 Å². The first-order valence-corrected chi connectivity index (χ1v) is 10.4. The predicted molar refractivity (Wildman–Crippen MR) is 102 cm³/mol. The Labute approximate surface area is 162 Å². The van der Waals surface area contributed by atoms with Crippen molar-refractivity contribution in [1.82, 2.24) is 28.6 Å². The van der Waals surface area contributed by atoms with Gasteiger partial charge in [0.2, 0.25) is 0 Å². The molecule has 28 heavy (non-hydrogen) atoms. The van der Waals surface area contributed by atoms with E-state index in [2.05, 4.69) is 15.1 Å². The summed E-state index contributed by atoms with van der Waals surface area (Å²) in [6, 6.07) is 6.39. The van der Waals surface area contributed by atoms with Crippen LogP contribution in [0.3, 0.4) is 0 Å². The molecule has 146 valence electrons. The second kappa shape index (κ2) is 7.28. The number of rotatable bonds is 5. The van der Waals surface area contributed by atoms with Crippen molar-refractivity contribution in [2.75, 3.05) is 6.54 Å². The summed E-state index contributed by atoms with van der Waals surface area (Å²) in [5.74, 6) is 0. The largest absolute Gasteiger partial charge is 0.339 e. The average molecular weight is 400 g/mol. The third-order valence-corrected chi connectivity index (χ3v) is 6.64. The van der Waals surface area contributed by atoms with Gasteiger partial charge in [0.15, 0.2) is 5.03 Å². The normalized spacial score (nSPS) is 17.8. The smallest absolute Gasteiger partial charge is 0.266 e. The number of hydrogen-bond donors (Lipinski definition) is 0. The van der Waals surface area contributed by atoms with Gasteiger partial charge in [0.1, 0.15) is 0 Å². The van der Waals surface area contributed by atoms with E-state index in [9.17, 15) is 13.2 Å². The van der Waals surface area contributed by atoms with Gasteiger partial charge in [0.25, 0.3) is 15.6 Å². The van der Waals surface area contributed by atoms with E-state index in [0.717, 1.165) is 12.0 Å². The molecule has 1 atom stereocenters. The minimum atomic E-state index is -3.71. The third kappa shape index (κ3) is 3.48. The molecule has 4 rings (SSSR count). The van der Waals surface area contributed by atoms with Gasteiger partial charge >= 0.3 is 0 Å². The van der Waals surface area contributed by atoms with Gasteiger partial charge < -0.3 is 4.57 Å². The summed E-state index contributed by atoms with van der Waals surface area (Å²) in [6.45, 7) is 0.603. The molecule has 0 aliphatic carbocycles. The van der Waals surface area contributed by atoms with Gasteiger partial charge in [-0.2, -0.15) is 9.40 Å². The molecule has 1 aliphatic rings. The van der Waals surface area contributed by atoms with E-state index >= 15 is 0 Å². The van der Waals surface area contributed by atoms with Gasteiger partial charge in [-0.25, -0.2) is 18.1 Å². The standard InChI is InChI=1S/C18H20N6O3S/c1-22-12-17(20-13-22)28(26,27)24-10-2-3-15(24)11-23-18(25)5-4-16(21-23)14-6-8-19-9-7-14/h4-9,12-13,15H,2-3,10-11H2,1H3. The van der Waals surface area contributed by atoms with Crippen molar-refractivity contribution < 1.29 is 8.42 Å². The Balaban J connectivity index is 1.62. The van der Waals surface area contributed by atoms with Gasteiger partial charge in [-0.3, -0.25) is 9.78 Å². The molecule has 3 aromatic heterocycles. The maximum atomic E-state index is 13.0. The molecule has 10 heteroatoms. The molecule has 0 N–H and O–H groups in total. The van der Waals surface area contributed by atoms with E-state index in [1.54, 1.807) is 30.1 Å². The fourth-order valence-electron chi connectivity index (χ4n) is 3.41. The zero-order chi connectivity index (χ0) is 19.7. The number of nitrogens with zero attached hydrogens (tertiary/aromatic N) is 6. The second-order valence-corrected chi connectivity index (χ2v) is 8.60. The molecule has 0 aromatic carbocycles. The number of hydrogen-bond acceptors (Lipinski definition) is 6. The molecule has 0 bridgehead atoms. The quantitative estimate of drug-likeness (QED) is 0.630. The van der Waals surface area contributed by atoms with Crippen molar-refractivity contribution >= 4 is 10.0 Å². The fourth-order valence-corrected chi connectivity index (χ4v) is 5.06. The Hall–Kier alpha value is -2.85. The molecule has 1 fully saturated rings. The lowest BCUT2D eigenvalue weighted by molar-refractivity contribution is 0.335. The summed E-state index contributed by atoms with van der Waals surface area (Å²) in [5.41, 5.74) is 1.21. The summed E-state index contributed by atoms with van der Waals surface area (Å²) >= 11 is 0. The minimum absolute atomic E-state index is 0.0211. The molecule has 1 aliphatic heterocycles. The summed E-state index contributed by atoms with van der Waals surface area (Å²) in [7, 11) is -1.99. The zero-order valence-electron chi connectivity index (χ0n) is 15.3. The Bertz CT molecular complexity index is 1140. The molecule has 0 radical (unpaired) electrons. The Morgan fingerprint density at radius 3 is 2.68 bits per heavy atom. The SMILES string of the molecule is Cn1cnc(S(=O)(=O)N2CCCC2Cn2nc(-c3ccncc3)ccc2=O)c1. The fraction of sp³-hybridized carbons (Fsp3) is 0.333. The van der Waals surface area contributed by atoms with Crippen LogP contribution >= 0.6 is 0 Å². The molecular formula is C18H20N6O3S. The second-order valence-electron chi connectivity index (χ2n) is 6.76. The summed E-state index contributed by atoms with van der Waals surface area (Å²) in [5, 5.41) is 4.46. The molecule has 9 nitrogen and oxygen atoms in total. The average Bonchev–Trinajstić information content (AvgIpc) is 3.34. The van der Waals surface area contributed by atoms with Crippen LogP contribution in [-0.4, -0.2) is 49.6 Å². The molecule has 4 heterocycles. The lowest BCUT2D eigenvalue weighted by atomic mass is 10.2. The maximum Gasteiger partial charge on any atom is 0.266 e. The van der Waals surface area contributed by atoms with E-state index in [1.807, 2.05) is 12.1 Å². The molecule has 0 saturated carbocycles. The van der Waals surface area contributed by atoms with Crippen LogP contribution in [0.25, 0.3) is 11.3 Å². The van der Waals surface area contributed by atoms with Crippen LogP contribution in [0.1, 0.15) is 12.8 Å². The van der Waals surface area contributed by atoms with E-state index in [-0.39, 0.29) is 23.2 Å². The van der Waals surface area contributed by atoms with Crippen LogP contribution in [0.2, 0.25) is 0 Å². The topological polar surface area (TPSA) is 103 Å². The third-order valence-electron chi connectivity index (χ3n) is 4.80. The Morgan fingerprint density at radius 1 is 1.18 bits per heavy atom. The predicted octanol–water partition coefficient (Wildman–Crippen LogP) is 0.892. The lowest BCUT2D eigenvalue weighted by Gasteiger charge is -2.23. The van der Waals surface area contributed by atoms with Gasteiger partial charge in [0.05, 0.1) is 18.6 Å². The summed E-state index contributed by atoms with van der Waals surface area (Å²) < 4.78 is 30.3. The highest BCUT2D eigenvalue weighted by atomic mass is 32.2. The van der Waals surface area contributed by atoms with Gasteiger partial charge in [0, 0.05) is 49.9 Å². The number of pyridine rings is 1. The minimum Gasteiger partial charge on any atom is -0.339 e. The van der Waals surface area contributed by atoms with Gasteiger partial charge in [-0.15, -0.1) is 0 Å². The van der Waals surface area contributed by atoms with E-state index < -0.39 is 10.0 Å². The highest BCUT2D eigenvalue weighted by Crippen LogP contribution is 2.26. The van der Waals surface area contributed by atoms with Crippen LogP contribution in [0, 0.1) is 0 Å². The van der Waals surface area contributed by atoms with Crippen LogP contribution in [-0.2, 0) is 23.6 Å². The first-order valence-electron chi connectivity index (χ1n) is 8.93. The van der Waals surface area contributed by atoms with Crippen LogP contribution in [0.15, 0.2) is 59.0 Å². The van der Waals surface area contributed by atoms with E-state index in [4.69, 9.17) is 0 Å². The Morgan fingerprint density at radius 2 is 1.96 bits per heavy atom. The zero-order valence-corrected chi connectivity index (χ0v) is 16.2. The molecular weight excluding hydrogens is 380 g/mol.